The predicted molar refractivity (Wildman–Crippen MR) is 58.1 cm³/mol. The molecule has 0 saturated heterocycles. The van der Waals surface area contributed by atoms with E-state index in [1.807, 2.05) is 4.68 Å². The van der Waals surface area contributed by atoms with Crippen molar-refractivity contribution in [2.24, 2.45) is 0 Å². The monoisotopic (exact) mass is 221 g/mol. The Labute approximate surface area is 91.1 Å². The lowest BCUT2D eigenvalue weighted by atomic mass is 10.1. The van der Waals surface area contributed by atoms with Gasteiger partial charge in [-0.25, -0.2) is 4.68 Å². The summed E-state index contributed by atoms with van der Waals surface area (Å²) in [6.07, 6.45) is 1.04. The summed E-state index contributed by atoms with van der Waals surface area (Å²) in [7, 11) is 0. The van der Waals surface area contributed by atoms with Gasteiger partial charge >= 0.3 is 0 Å². The van der Waals surface area contributed by atoms with Crippen molar-refractivity contribution in [2.45, 2.75) is 19.4 Å². The van der Waals surface area contributed by atoms with Crippen molar-refractivity contribution < 1.29 is 0 Å². The molecule has 3 heterocycles. The molecular formula is C9H11N5S. The third-order valence-corrected chi connectivity index (χ3v) is 3.81. The number of nitrogens with zero attached hydrogens (tertiary/aromatic N) is 4. The van der Waals surface area contributed by atoms with Gasteiger partial charge in [0, 0.05) is 11.4 Å². The van der Waals surface area contributed by atoms with Crippen molar-refractivity contribution in [3.8, 4) is 0 Å². The third-order valence-electron chi connectivity index (χ3n) is 2.69. The van der Waals surface area contributed by atoms with Gasteiger partial charge in [-0.1, -0.05) is 5.10 Å². The zero-order valence-electron chi connectivity index (χ0n) is 8.34. The number of aromatic nitrogens is 4. The van der Waals surface area contributed by atoms with Crippen LogP contribution in [0.1, 0.15) is 22.9 Å². The summed E-state index contributed by atoms with van der Waals surface area (Å²) in [5.74, 6) is 0.777. The Kier molecular flexibility index (Phi) is 1.95. The third kappa shape index (κ3) is 1.32. The van der Waals surface area contributed by atoms with Crippen LogP contribution in [0.4, 0.5) is 5.95 Å². The largest absolute Gasteiger partial charge is 0.353 e. The fraction of sp³-hybridized carbons (Fsp3) is 0.444. The molecule has 1 aliphatic heterocycles. The predicted octanol–water partition coefficient (Wildman–Crippen LogP) is 1.45. The molecule has 1 atom stereocenters. The number of nitrogens with one attached hydrogen (secondary N) is 1. The van der Waals surface area contributed by atoms with Gasteiger partial charge in [-0.2, -0.15) is 0 Å². The SMILES string of the molecule is Cc1ccsc1C1CCNc2nnnn21. The van der Waals surface area contributed by atoms with E-state index in [4.69, 9.17) is 0 Å². The molecule has 78 valence electrons. The van der Waals surface area contributed by atoms with Crippen molar-refractivity contribution in [1.29, 1.82) is 0 Å². The van der Waals surface area contributed by atoms with Gasteiger partial charge in [0.2, 0.25) is 5.95 Å². The summed E-state index contributed by atoms with van der Waals surface area (Å²) < 4.78 is 1.88. The smallest absolute Gasteiger partial charge is 0.243 e. The Morgan fingerprint density at radius 2 is 2.53 bits per heavy atom. The quantitative estimate of drug-likeness (QED) is 0.792. The van der Waals surface area contributed by atoms with Crippen LogP contribution >= 0.6 is 11.3 Å². The second kappa shape index (κ2) is 3.30. The Hall–Kier alpha value is -1.43. The van der Waals surface area contributed by atoms with Gasteiger partial charge < -0.3 is 5.32 Å². The van der Waals surface area contributed by atoms with E-state index in [2.05, 4.69) is 39.2 Å². The van der Waals surface area contributed by atoms with E-state index < -0.39 is 0 Å². The molecule has 1 N–H and O–H groups in total. The summed E-state index contributed by atoms with van der Waals surface area (Å²) in [5, 5.41) is 17.0. The number of tetrazole rings is 1. The molecule has 6 heteroatoms. The lowest BCUT2D eigenvalue weighted by Gasteiger charge is -2.23. The molecule has 0 fully saturated rings. The van der Waals surface area contributed by atoms with E-state index in [0.29, 0.717) is 6.04 Å². The number of hydrogen-bond donors (Lipinski definition) is 1. The van der Waals surface area contributed by atoms with Gasteiger partial charge in [-0.3, -0.25) is 0 Å². The molecule has 0 aliphatic carbocycles. The Balaban J connectivity index is 2.07. The van der Waals surface area contributed by atoms with Crippen molar-refractivity contribution in [3.63, 3.8) is 0 Å². The van der Waals surface area contributed by atoms with E-state index in [1.165, 1.54) is 10.4 Å². The lowest BCUT2D eigenvalue weighted by Crippen LogP contribution is -2.24. The first-order valence-electron chi connectivity index (χ1n) is 4.92. The highest BCUT2D eigenvalue weighted by atomic mass is 32.1. The van der Waals surface area contributed by atoms with E-state index in [-0.39, 0.29) is 0 Å². The first-order valence-corrected chi connectivity index (χ1v) is 5.80. The molecule has 0 aromatic carbocycles. The molecule has 0 saturated carbocycles. The summed E-state index contributed by atoms with van der Waals surface area (Å²) in [6.45, 7) is 3.07. The molecule has 2 aromatic heterocycles. The highest BCUT2D eigenvalue weighted by Gasteiger charge is 2.25. The number of rotatable bonds is 1. The number of anilines is 1. The molecule has 0 radical (unpaired) electrons. The van der Waals surface area contributed by atoms with Gasteiger partial charge in [0.05, 0.1) is 6.04 Å². The van der Waals surface area contributed by atoms with Crippen LogP contribution in [0.25, 0.3) is 0 Å². The summed E-state index contributed by atoms with van der Waals surface area (Å²) >= 11 is 1.78. The average molecular weight is 221 g/mol. The molecule has 1 unspecified atom stereocenters. The minimum atomic E-state index is 0.302. The first kappa shape index (κ1) is 8.84. The van der Waals surface area contributed by atoms with E-state index >= 15 is 0 Å². The zero-order valence-corrected chi connectivity index (χ0v) is 9.16. The van der Waals surface area contributed by atoms with Crippen LogP contribution in [-0.2, 0) is 0 Å². The van der Waals surface area contributed by atoms with Crippen molar-refractivity contribution >= 4 is 17.3 Å². The Bertz CT molecular complexity index is 474. The van der Waals surface area contributed by atoms with Crippen LogP contribution in [0.2, 0.25) is 0 Å². The van der Waals surface area contributed by atoms with Crippen LogP contribution in [0, 0.1) is 6.92 Å². The standard InChI is InChI=1S/C9H11N5S/c1-6-3-5-15-8(6)7-2-4-10-9-11-12-13-14(7)9/h3,5,7H,2,4H2,1H3,(H,10,11,13). The minimum Gasteiger partial charge on any atom is -0.353 e. The van der Waals surface area contributed by atoms with Crippen LogP contribution in [0.3, 0.4) is 0 Å². The highest BCUT2D eigenvalue weighted by Crippen LogP contribution is 2.32. The van der Waals surface area contributed by atoms with Gasteiger partial charge in [-0.15, -0.1) is 11.3 Å². The Morgan fingerprint density at radius 1 is 1.60 bits per heavy atom. The summed E-state index contributed by atoms with van der Waals surface area (Å²) in [4.78, 5) is 1.37. The van der Waals surface area contributed by atoms with E-state index in [1.54, 1.807) is 11.3 Å². The fourth-order valence-electron chi connectivity index (χ4n) is 1.93. The number of fused-ring (bicyclic) bond motifs is 1. The molecule has 0 amide bonds. The fourth-order valence-corrected chi connectivity index (χ4v) is 2.98. The van der Waals surface area contributed by atoms with Crippen molar-refractivity contribution in [1.82, 2.24) is 20.2 Å². The van der Waals surface area contributed by atoms with Crippen molar-refractivity contribution in [3.05, 3.63) is 21.9 Å². The molecular weight excluding hydrogens is 210 g/mol. The maximum Gasteiger partial charge on any atom is 0.243 e. The number of aryl methyl sites for hydroxylation is 1. The van der Waals surface area contributed by atoms with E-state index in [9.17, 15) is 0 Å². The normalized spacial score (nSPS) is 19.7. The zero-order chi connectivity index (χ0) is 10.3. The van der Waals surface area contributed by atoms with Crippen LogP contribution in [0.15, 0.2) is 11.4 Å². The molecule has 0 bridgehead atoms. The molecule has 0 spiro atoms. The average Bonchev–Trinajstić information content (AvgIpc) is 2.85. The topological polar surface area (TPSA) is 55.6 Å². The molecule has 3 rings (SSSR count). The maximum absolute atomic E-state index is 4.04. The van der Waals surface area contributed by atoms with Gasteiger partial charge in [-0.05, 0) is 40.8 Å². The van der Waals surface area contributed by atoms with Crippen molar-refractivity contribution in [2.75, 3.05) is 11.9 Å². The Morgan fingerprint density at radius 3 is 3.33 bits per heavy atom. The summed E-state index contributed by atoms with van der Waals surface area (Å²) in [5.41, 5.74) is 1.33. The van der Waals surface area contributed by atoms with Gasteiger partial charge in [0.1, 0.15) is 0 Å². The van der Waals surface area contributed by atoms with Crippen LogP contribution in [0.5, 0.6) is 0 Å². The molecule has 15 heavy (non-hydrogen) atoms. The summed E-state index contributed by atoms with van der Waals surface area (Å²) in [6, 6.07) is 2.45. The van der Waals surface area contributed by atoms with E-state index in [0.717, 1.165) is 18.9 Å². The second-order valence-corrected chi connectivity index (χ2v) is 4.59. The highest BCUT2D eigenvalue weighted by molar-refractivity contribution is 7.10. The molecule has 1 aliphatic rings. The van der Waals surface area contributed by atoms with Crippen LogP contribution < -0.4 is 5.32 Å². The first-order chi connectivity index (χ1) is 7.36. The van der Waals surface area contributed by atoms with Gasteiger partial charge in [0.25, 0.3) is 0 Å². The number of thiophene rings is 1. The molecule has 5 nitrogen and oxygen atoms in total. The van der Waals surface area contributed by atoms with Crippen LogP contribution in [-0.4, -0.2) is 26.8 Å². The lowest BCUT2D eigenvalue weighted by molar-refractivity contribution is 0.474. The second-order valence-electron chi connectivity index (χ2n) is 3.65. The minimum absolute atomic E-state index is 0.302. The number of hydrogen-bond acceptors (Lipinski definition) is 5. The maximum atomic E-state index is 4.04. The van der Waals surface area contributed by atoms with Gasteiger partial charge in [0.15, 0.2) is 0 Å². The molecule has 2 aromatic rings.